The summed E-state index contributed by atoms with van der Waals surface area (Å²) >= 11 is 0. The molecule has 0 aliphatic carbocycles. The molecular weight excluding hydrogens is 226 g/mol. The fraction of sp³-hybridized carbons (Fsp3) is 0.533. The third-order valence-electron chi connectivity index (χ3n) is 2.95. The topological polar surface area (TPSA) is 29.5 Å². The Morgan fingerprint density at radius 1 is 1.28 bits per heavy atom. The number of ketones is 1. The molecule has 1 aromatic carbocycles. The van der Waals surface area contributed by atoms with E-state index in [4.69, 9.17) is 4.74 Å². The molecule has 0 spiro atoms. The Hall–Kier alpha value is -1.35. The SMILES string of the molecule is COc1ccccc1CN(C)CCCCC(C)=O. The number of Topliss-reactive ketones (excluding diaryl/α,β-unsaturated/α-hetero) is 1. The number of hydrogen-bond acceptors (Lipinski definition) is 3. The summed E-state index contributed by atoms with van der Waals surface area (Å²) < 4.78 is 5.33. The van der Waals surface area contributed by atoms with Crippen molar-refractivity contribution in [3.05, 3.63) is 29.8 Å². The minimum Gasteiger partial charge on any atom is -0.496 e. The molecule has 0 heterocycles. The summed E-state index contributed by atoms with van der Waals surface area (Å²) in [6, 6.07) is 8.08. The Morgan fingerprint density at radius 2 is 2.00 bits per heavy atom. The van der Waals surface area contributed by atoms with Gasteiger partial charge in [0.1, 0.15) is 11.5 Å². The van der Waals surface area contributed by atoms with Crippen molar-refractivity contribution in [2.45, 2.75) is 32.7 Å². The van der Waals surface area contributed by atoms with Crippen LogP contribution in [-0.4, -0.2) is 31.4 Å². The lowest BCUT2D eigenvalue weighted by molar-refractivity contribution is -0.117. The van der Waals surface area contributed by atoms with Gasteiger partial charge in [0.15, 0.2) is 0 Å². The van der Waals surface area contributed by atoms with Crippen LogP contribution in [0.3, 0.4) is 0 Å². The number of para-hydroxylation sites is 1. The second-order valence-corrected chi connectivity index (χ2v) is 4.71. The van der Waals surface area contributed by atoms with Gasteiger partial charge in [-0.25, -0.2) is 0 Å². The van der Waals surface area contributed by atoms with Crippen LogP contribution < -0.4 is 4.74 Å². The first-order valence-corrected chi connectivity index (χ1v) is 6.43. The highest BCUT2D eigenvalue weighted by Gasteiger charge is 2.05. The van der Waals surface area contributed by atoms with E-state index in [-0.39, 0.29) is 5.78 Å². The second kappa shape index (κ2) is 7.88. The normalized spacial score (nSPS) is 10.7. The minimum atomic E-state index is 0.280. The highest BCUT2D eigenvalue weighted by molar-refractivity contribution is 5.75. The van der Waals surface area contributed by atoms with E-state index in [1.165, 1.54) is 5.56 Å². The van der Waals surface area contributed by atoms with Gasteiger partial charge in [-0.1, -0.05) is 18.2 Å². The van der Waals surface area contributed by atoms with Crippen LogP contribution in [0.5, 0.6) is 5.75 Å². The van der Waals surface area contributed by atoms with Gasteiger partial charge in [0.2, 0.25) is 0 Å². The van der Waals surface area contributed by atoms with Crippen LogP contribution in [0.4, 0.5) is 0 Å². The summed E-state index contributed by atoms with van der Waals surface area (Å²) in [7, 11) is 3.80. The summed E-state index contributed by atoms with van der Waals surface area (Å²) in [5.74, 6) is 1.22. The van der Waals surface area contributed by atoms with Crippen LogP contribution >= 0.6 is 0 Å². The van der Waals surface area contributed by atoms with Crippen molar-refractivity contribution < 1.29 is 9.53 Å². The summed E-state index contributed by atoms with van der Waals surface area (Å²) in [6.07, 6.45) is 2.74. The maximum atomic E-state index is 10.8. The molecule has 0 aromatic heterocycles. The number of nitrogens with zero attached hydrogens (tertiary/aromatic N) is 1. The number of unbranched alkanes of at least 4 members (excludes halogenated alkanes) is 1. The number of carbonyl (C=O) groups is 1. The third-order valence-corrected chi connectivity index (χ3v) is 2.95. The Balaban J connectivity index is 2.35. The first-order valence-electron chi connectivity index (χ1n) is 6.43. The smallest absolute Gasteiger partial charge is 0.129 e. The molecular formula is C15H23NO2. The predicted octanol–water partition coefficient (Wildman–Crippen LogP) is 2.89. The van der Waals surface area contributed by atoms with Gasteiger partial charge in [-0.15, -0.1) is 0 Å². The first kappa shape index (κ1) is 14.7. The van der Waals surface area contributed by atoms with E-state index in [1.54, 1.807) is 14.0 Å². The molecule has 3 nitrogen and oxygen atoms in total. The van der Waals surface area contributed by atoms with E-state index in [9.17, 15) is 4.79 Å². The van der Waals surface area contributed by atoms with Gasteiger partial charge in [-0.2, -0.15) is 0 Å². The lowest BCUT2D eigenvalue weighted by Gasteiger charge is -2.18. The molecule has 3 heteroatoms. The molecule has 0 N–H and O–H groups in total. The number of hydrogen-bond donors (Lipinski definition) is 0. The van der Waals surface area contributed by atoms with Crippen molar-refractivity contribution in [2.24, 2.45) is 0 Å². The van der Waals surface area contributed by atoms with Crippen LogP contribution in [0.25, 0.3) is 0 Å². The van der Waals surface area contributed by atoms with Crippen LogP contribution in [0, 0.1) is 0 Å². The summed E-state index contributed by atoms with van der Waals surface area (Å²) in [4.78, 5) is 13.1. The third kappa shape index (κ3) is 5.32. The highest BCUT2D eigenvalue weighted by atomic mass is 16.5. The number of methoxy groups -OCH3 is 1. The molecule has 1 aromatic rings. The van der Waals surface area contributed by atoms with Gasteiger partial charge < -0.3 is 14.4 Å². The van der Waals surface area contributed by atoms with Gasteiger partial charge in [0, 0.05) is 18.5 Å². The van der Waals surface area contributed by atoms with E-state index >= 15 is 0 Å². The fourth-order valence-electron chi connectivity index (χ4n) is 1.96. The largest absolute Gasteiger partial charge is 0.496 e. The van der Waals surface area contributed by atoms with E-state index in [0.29, 0.717) is 6.42 Å². The van der Waals surface area contributed by atoms with Gasteiger partial charge in [-0.05, 0) is 39.4 Å². The lowest BCUT2D eigenvalue weighted by atomic mass is 10.1. The first-order chi connectivity index (χ1) is 8.63. The molecule has 0 unspecified atom stereocenters. The molecule has 0 radical (unpaired) electrons. The monoisotopic (exact) mass is 249 g/mol. The molecule has 0 amide bonds. The lowest BCUT2D eigenvalue weighted by Crippen LogP contribution is -2.19. The second-order valence-electron chi connectivity index (χ2n) is 4.71. The number of rotatable bonds is 8. The molecule has 0 bridgehead atoms. The molecule has 1 rings (SSSR count). The molecule has 0 fully saturated rings. The molecule has 0 aliphatic rings. The van der Waals surface area contributed by atoms with E-state index < -0.39 is 0 Å². The standard InChI is InChI=1S/C15H23NO2/c1-13(17)8-6-7-11-16(2)12-14-9-4-5-10-15(14)18-3/h4-5,9-10H,6-8,11-12H2,1-3H3. The predicted molar refractivity (Wildman–Crippen MR) is 73.9 cm³/mol. The Bertz CT molecular complexity index is 377. The summed E-state index contributed by atoms with van der Waals surface area (Å²) in [5, 5.41) is 0. The van der Waals surface area contributed by atoms with E-state index in [2.05, 4.69) is 18.0 Å². The Kier molecular flexibility index (Phi) is 6.44. The van der Waals surface area contributed by atoms with Crippen molar-refractivity contribution in [1.29, 1.82) is 0 Å². The van der Waals surface area contributed by atoms with Gasteiger partial charge >= 0.3 is 0 Å². The van der Waals surface area contributed by atoms with Crippen LogP contribution in [0.2, 0.25) is 0 Å². The van der Waals surface area contributed by atoms with Crippen molar-refractivity contribution in [1.82, 2.24) is 4.90 Å². The molecule has 18 heavy (non-hydrogen) atoms. The molecule has 0 saturated carbocycles. The summed E-state index contributed by atoms with van der Waals surface area (Å²) in [5.41, 5.74) is 1.20. The van der Waals surface area contributed by atoms with Crippen LogP contribution in [-0.2, 0) is 11.3 Å². The molecule has 0 saturated heterocycles. The van der Waals surface area contributed by atoms with Crippen molar-refractivity contribution >= 4 is 5.78 Å². The van der Waals surface area contributed by atoms with Crippen molar-refractivity contribution in [3.8, 4) is 5.75 Å². The number of benzene rings is 1. The molecule has 0 atom stereocenters. The average molecular weight is 249 g/mol. The summed E-state index contributed by atoms with van der Waals surface area (Å²) in [6.45, 7) is 3.54. The maximum absolute atomic E-state index is 10.8. The van der Waals surface area contributed by atoms with Crippen LogP contribution in [0.15, 0.2) is 24.3 Å². The van der Waals surface area contributed by atoms with Crippen LogP contribution in [0.1, 0.15) is 31.7 Å². The Labute approximate surface area is 110 Å². The highest BCUT2D eigenvalue weighted by Crippen LogP contribution is 2.18. The zero-order chi connectivity index (χ0) is 13.4. The van der Waals surface area contributed by atoms with Gasteiger partial charge in [0.05, 0.1) is 7.11 Å². The van der Waals surface area contributed by atoms with E-state index in [1.807, 2.05) is 18.2 Å². The van der Waals surface area contributed by atoms with Crippen molar-refractivity contribution in [3.63, 3.8) is 0 Å². The zero-order valence-corrected chi connectivity index (χ0v) is 11.6. The maximum Gasteiger partial charge on any atom is 0.129 e. The van der Waals surface area contributed by atoms with Gasteiger partial charge in [-0.3, -0.25) is 0 Å². The minimum absolute atomic E-state index is 0.280. The van der Waals surface area contributed by atoms with Gasteiger partial charge in [0.25, 0.3) is 0 Å². The zero-order valence-electron chi connectivity index (χ0n) is 11.6. The fourth-order valence-corrected chi connectivity index (χ4v) is 1.96. The molecule has 100 valence electrons. The van der Waals surface area contributed by atoms with Crippen molar-refractivity contribution in [2.75, 3.05) is 20.7 Å². The number of carbonyl (C=O) groups excluding carboxylic acids is 1. The Morgan fingerprint density at radius 3 is 2.67 bits per heavy atom. The van der Waals surface area contributed by atoms with E-state index in [0.717, 1.165) is 31.7 Å². The molecule has 0 aliphatic heterocycles. The average Bonchev–Trinajstić information content (AvgIpc) is 2.35. The number of ether oxygens (including phenoxy) is 1. The quantitative estimate of drug-likeness (QED) is 0.663.